The molecule has 4 unspecified atom stereocenters. The van der Waals surface area contributed by atoms with Crippen LogP contribution in [0.1, 0.15) is 121 Å². The number of hydrogen-bond donors (Lipinski definition) is 0. The van der Waals surface area contributed by atoms with E-state index in [0.717, 1.165) is 12.8 Å². The van der Waals surface area contributed by atoms with Gasteiger partial charge in [-0.15, -0.1) is 0 Å². The molecule has 0 nitrogen and oxygen atoms in total. The number of fused-ring (bicyclic) bond motifs is 2. The molecule has 6 rings (SSSR count). The molecule has 2 heteroatoms. The van der Waals surface area contributed by atoms with E-state index in [1.807, 2.05) is 0 Å². The monoisotopic (exact) mass is 845 g/mol. The van der Waals surface area contributed by atoms with Crippen LogP contribution in [0.3, 0.4) is 0 Å². The number of allylic oxidation sites excluding steroid dienone is 2. The number of hydrogen-bond acceptors (Lipinski definition) is 0. The van der Waals surface area contributed by atoms with Gasteiger partial charge in [-0.25, -0.2) is 0 Å². The molecule has 50 heavy (non-hydrogen) atoms. The third-order valence-corrected chi connectivity index (χ3v) is 42.7. The van der Waals surface area contributed by atoms with E-state index in [1.165, 1.54) is 71.9 Å². The van der Waals surface area contributed by atoms with Crippen LogP contribution in [0.4, 0.5) is 0 Å². The van der Waals surface area contributed by atoms with Gasteiger partial charge in [-0.1, -0.05) is 0 Å². The van der Waals surface area contributed by atoms with Crippen LogP contribution in [0, 0.1) is 11.8 Å². The molecule has 0 saturated heterocycles. The average Bonchev–Trinajstić information content (AvgIpc) is 3.72. The maximum atomic E-state index is 2.74. The molecule has 0 aliphatic heterocycles. The van der Waals surface area contributed by atoms with Gasteiger partial charge in [-0.2, -0.15) is 0 Å². The number of benzene rings is 4. The van der Waals surface area contributed by atoms with Gasteiger partial charge in [-0.3, -0.25) is 0 Å². The van der Waals surface area contributed by atoms with E-state index in [0.29, 0.717) is 19.2 Å². The Morgan fingerprint density at radius 3 is 1.32 bits per heavy atom. The zero-order valence-electron chi connectivity index (χ0n) is 32.3. The van der Waals surface area contributed by atoms with Crippen LogP contribution >= 0.6 is 0 Å². The third kappa shape index (κ3) is 7.23. The Labute approximate surface area is 313 Å². The van der Waals surface area contributed by atoms with Gasteiger partial charge in [-0.05, 0) is 0 Å². The Hall–Kier alpha value is -2.55. The van der Waals surface area contributed by atoms with Gasteiger partial charge in [0.1, 0.15) is 0 Å². The number of unbranched alkanes of at least 4 members (excludes halogenated alkanes) is 2. The molecule has 0 amide bonds. The van der Waals surface area contributed by atoms with E-state index in [2.05, 4.69) is 152 Å². The van der Waals surface area contributed by atoms with Crippen molar-refractivity contribution in [3.05, 3.63) is 129 Å². The molecule has 0 radical (unpaired) electrons. The minimum atomic E-state index is -2.52. The Morgan fingerprint density at radius 1 is 0.540 bits per heavy atom. The zero-order valence-corrected chi connectivity index (χ0v) is 37.0. The topological polar surface area (TPSA) is 0 Å². The summed E-state index contributed by atoms with van der Waals surface area (Å²) >= 11 is -2.52. The first-order chi connectivity index (χ1) is 24.3. The van der Waals surface area contributed by atoms with E-state index >= 15 is 0 Å². The van der Waals surface area contributed by atoms with Gasteiger partial charge in [0.2, 0.25) is 0 Å². The molecule has 2 aliphatic carbocycles. The van der Waals surface area contributed by atoms with Crippen LogP contribution in [-0.4, -0.2) is 5.98 Å². The fourth-order valence-electron chi connectivity index (χ4n) is 8.96. The molecule has 0 saturated carbocycles. The summed E-state index contributed by atoms with van der Waals surface area (Å²) in [5.74, 6) is 0.227. The van der Waals surface area contributed by atoms with Crippen molar-refractivity contribution >= 4 is 18.1 Å². The molecule has 0 fully saturated rings. The summed E-state index contributed by atoms with van der Waals surface area (Å²) in [5.41, 5.74) is 18.9. The summed E-state index contributed by atoms with van der Waals surface area (Å²) in [7, 11) is 0. The van der Waals surface area contributed by atoms with Gasteiger partial charge >= 0.3 is 316 Å². The molecular formula is C48H61HfSi. The molecular weight excluding hydrogens is 783 g/mol. The second kappa shape index (κ2) is 16.9. The van der Waals surface area contributed by atoms with Crippen molar-refractivity contribution < 1.29 is 20.6 Å². The van der Waals surface area contributed by atoms with Crippen LogP contribution in [0.2, 0.25) is 13.1 Å². The van der Waals surface area contributed by atoms with E-state index in [-0.39, 0.29) is 0 Å². The first kappa shape index (κ1) is 37.2. The molecule has 4 aromatic rings. The second-order valence-electron chi connectivity index (χ2n) is 15.6. The van der Waals surface area contributed by atoms with Crippen molar-refractivity contribution in [2.75, 3.05) is 0 Å². The zero-order chi connectivity index (χ0) is 35.4. The second-order valence-corrected chi connectivity index (χ2v) is 43.5. The van der Waals surface area contributed by atoms with E-state index in [9.17, 15) is 0 Å². The van der Waals surface area contributed by atoms with Gasteiger partial charge < -0.3 is 0 Å². The summed E-state index contributed by atoms with van der Waals surface area (Å²) in [6.07, 6.45) is 15.2. The Balaban J connectivity index is 1.53. The maximum absolute atomic E-state index is 2.74. The van der Waals surface area contributed by atoms with Crippen molar-refractivity contribution in [3.8, 4) is 22.3 Å². The first-order valence-electron chi connectivity index (χ1n) is 20.1. The summed E-state index contributed by atoms with van der Waals surface area (Å²) in [6.45, 7) is 20.0. The molecule has 0 spiro atoms. The number of rotatable bonds is 15. The summed E-state index contributed by atoms with van der Waals surface area (Å²) < 4.78 is 1.34. The number of aryl methyl sites for hydroxylation is 2. The van der Waals surface area contributed by atoms with Crippen LogP contribution in [-0.2, 0) is 33.4 Å². The quantitative estimate of drug-likeness (QED) is 0.105. The molecule has 261 valence electrons. The fraction of sp³-hybridized carbons (Fsp3) is 0.417. The summed E-state index contributed by atoms with van der Waals surface area (Å²) in [5, 5.41) is 0. The molecule has 4 aromatic carbocycles. The molecule has 2 aliphatic rings. The minimum absolute atomic E-state index is 0.608. The molecule has 4 atom stereocenters. The average molecular weight is 845 g/mol. The fourth-order valence-corrected chi connectivity index (χ4v) is 41.7. The van der Waals surface area contributed by atoms with E-state index < -0.39 is 26.6 Å². The standard InChI is InChI=1S/2C23H27.C2H7Si.Hf/c2*1-4-6-10-18-11-7-8-13-21(18)22-14-9-12-19-15-20(16-23(19)22)17(3)5-2;1-3-2;/h2*7-9,11-17H,4-6,10H2,1-3H3;3H,1-2H3;. The third-order valence-electron chi connectivity index (χ3n) is 12.1. The predicted octanol–water partition coefficient (Wildman–Crippen LogP) is 14.0. The van der Waals surface area contributed by atoms with Crippen LogP contribution < -0.4 is 0 Å². The van der Waals surface area contributed by atoms with Gasteiger partial charge in [0, 0.05) is 0 Å². The Kier molecular flexibility index (Phi) is 12.5. The normalized spacial score (nSPS) is 17.7. The Bertz CT molecular complexity index is 1710. The molecule has 0 N–H and O–H groups in total. The van der Waals surface area contributed by atoms with Crippen molar-refractivity contribution in [2.24, 2.45) is 11.8 Å². The molecule has 0 bridgehead atoms. The van der Waals surface area contributed by atoms with Gasteiger partial charge in [0.05, 0.1) is 0 Å². The molecule has 0 aromatic heterocycles. The predicted molar refractivity (Wildman–Crippen MR) is 220 cm³/mol. The van der Waals surface area contributed by atoms with Crippen LogP contribution in [0.15, 0.2) is 96.1 Å². The Morgan fingerprint density at radius 2 is 0.940 bits per heavy atom. The SMILES string of the molecule is CCCCc1ccccc1-c1cccc2c1C=C(C(C)CC)[CH]2[Hf]([CH]1C(C(C)CC)=Cc2c(-c3ccccc3CCCC)cccc21)[SiH](C)C. The van der Waals surface area contributed by atoms with Gasteiger partial charge in [0.15, 0.2) is 0 Å². The van der Waals surface area contributed by atoms with Crippen LogP contribution in [0.5, 0.6) is 0 Å². The van der Waals surface area contributed by atoms with Gasteiger partial charge in [0.25, 0.3) is 0 Å². The van der Waals surface area contributed by atoms with E-state index in [4.69, 9.17) is 0 Å². The summed E-state index contributed by atoms with van der Waals surface area (Å²) in [4.78, 5) is 0. The van der Waals surface area contributed by atoms with Crippen molar-refractivity contribution in [1.82, 2.24) is 0 Å². The van der Waals surface area contributed by atoms with E-state index in [1.54, 1.807) is 33.4 Å². The first-order valence-corrected chi connectivity index (χ1v) is 33.3. The van der Waals surface area contributed by atoms with Crippen molar-refractivity contribution in [3.63, 3.8) is 0 Å². The van der Waals surface area contributed by atoms with Crippen molar-refractivity contribution in [2.45, 2.75) is 113 Å². The summed E-state index contributed by atoms with van der Waals surface area (Å²) in [6, 6.07) is 33.4. The molecule has 0 heterocycles. The van der Waals surface area contributed by atoms with Crippen LogP contribution in [0.25, 0.3) is 34.4 Å². The van der Waals surface area contributed by atoms with Crippen molar-refractivity contribution in [1.29, 1.82) is 0 Å².